The first-order chi connectivity index (χ1) is 9.37. The van der Waals surface area contributed by atoms with Crippen LogP contribution in [0.4, 0.5) is 5.95 Å². The van der Waals surface area contributed by atoms with Crippen molar-refractivity contribution < 1.29 is 78.2 Å². The molecule has 0 amide bonds. The summed E-state index contributed by atoms with van der Waals surface area (Å²) in [6, 6.07) is 0. The summed E-state index contributed by atoms with van der Waals surface area (Å²) >= 11 is 0. The number of ether oxygens (including phenoxy) is 1. The van der Waals surface area contributed by atoms with Crippen LogP contribution in [0.1, 0.15) is 6.42 Å². The van der Waals surface area contributed by atoms with Crippen LogP contribution in [0.2, 0.25) is 0 Å². The number of nitrogens with two attached hydrogens (primary N) is 1. The molecule has 0 bridgehead atoms. The number of aromatic amines is 1. The monoisotopic (exact) mass is 347 g/mol. The fourth-order valence-electron chi connectivity index (χ4n) is 1.65. The van der Waals surface area contributed by atoms with Gasteiger partial charge in [-0.2, -0.15) is 4.98 Å². The van der Waals surface area contributed by atoms with Gasteiger partial charge in [0.2, 0.25) is 5.95 Å². The van der Waals surface area contributed by atoms with Crippen molar-refractivity contribution in [2.45, 2.75) is 13.0 Å². The molecule has 0 aliphatic rings. The van der Waals surface area contributed by atoms with Gasteiger partial charge in [0.1, 0.15) is 0 Å². The van der Waals surface area contributed by atoms with Crippen molar-refractivity contribution in [1.29, 1.82) is 0 Å². The molecule has 2 heterocycles. The summed E-state index contributed by atoms with van der Waals surface area (Å²) < 4.78 is 16.7. The molecule has 0 spiro atoms. The number of hydrogen-bond donors (Lipinski definition) is 2. The third-order valence-corrected chi connectivity index (χ3v) is 2.93. The van der Waals surface area contributed by atoms with Gasteiger partial charge >= 0.3 is 59.1 Å². The Morgan fingerprint density at radius 2 is 2.09 bits per heavy atom. The Bertz CT molecular complexity index is 714. The molecule has 0 saturated carbocycles. The molecule has 0 radical (unpaired) electrons. The fourth-order valence-corrected chi connectivity index (χ4v) is 2.00. The molecule has 0 aromatic carbocycles. The van der Waals surface area contributed by atoms with Crippen LogP contribution in [0.25, 0.3) is 11.2 Å². The van der Waals surface area contributed by atoms with Gasteiger partial charge in [-0.1, -0.05) is 0 Å². The first kappa shape index (κ1) is 22.3. The fraction of sp³-hybridized carbons (Fsp3) is 0.444. The van der Waals surface area contributed by atoms with Gasteiger partial charge < -0.3 is 29.4 Å². The van der Waals surface area contributed by atoms with Crippen molar-refractivity contribution in [2.24, 2.45) is 0 Å². The van der Waals surface area contributed by atoms with E-state index in [2.05, 4.69) is 15.0 Å². The van der Waals surface area contributed by atoms with Gasteiger partial charge in [-0.3, -0.25) is 9.78 Å². The third-order valence-electron chi connectivity index (χ3n) is 2.43. The average molecular weight is 347 g/mol. The van der Waals surface area contributed by atoms with Crippen molar-refractivity contribution in [1.82, 2.24) is 19.5 Å². The van der Waals surface area contributed by atoms with Crippen molar-refractivity contribution in [2.75, 3.05) is 18.7 Å². The van der Waals surface area contributed by atoms with Crippen LogP contribution < -0.4 is 80.2 Å². The number of anilines is 1. The van der Waals surface area contributed by atoms with Gasteiger partial charge in [0.25, 0.3) is 5.56 Å². The maximum Gasteiger partial charge on any atom is 1.00 e. The van der Waals surface area contributed by atoms with Crippen LogP contribution in [0, 0.1) is 0 Å². The van der Waals surface area contributed by atoms with Crippen LogP contribution in [-0.4, -0.2) is 32.5 Å². The number of imidazole rings is 1. The maximum absolute atomic E-state index is 11.5. The normalized spacial score (nSPS) is 11.0. The second-order valence-corrected chi connectivity index (χ2v) is 5.54. The molecule has 0 unspecified atom stereocenters. The third kappa shape index (κ3) is 6.40. The molecule has 0 saturated heterocycles. The Morgan fingerprint density at radius 1 is 1.41 bits per heavy atom. The predicted molar refractivity (Wildman–Crippen MR) is 65.6 cm³/mol. The molecule has 0 fully saturated rings. The quantitative estimate of drug-likeness (QED) is 0.296. The van der Waals surface area contributed by atoms with E-state index in [1.165, 1.54) is 6.33 Å². The van der Waals surface area contributed by atoms with Crippen LogP contribution in [-0.2, 0) is 15.8 Å². The summed E-state index contributed by atoms with van der Waals surface area (Å²) in [7, 11) is -4.63. The minimum Gasteiger partial charge on any atom is -0.809 e. The standard InChI is InChI=1S/C9H14N5O5P.2Na/c10-9-12-7-6(8(15)13-9)11-4-14(7)2-1-3-19-5-20(16,17)18;;/h4H,1-3,5H2,(H2,16,17,18)(H3,10,12,13,15);;/q;2*+1/p-2. The van der Waals surface area contributed by atoms with Gasteiger partial charge in [-0.25, -0.2) is 4.98 Å². The van der Waals surface area contributed by atoms with Crippen LogP contribution in [0.5, 0.6) is 0 Å². The number of hydrogen-bond acceptors (Lipinski definition) is 8. The van der Waals surface area contributed by atoms with Crippen molar-refractivity contribution >= 4 is 24.7 Å². The van der Waals surface area contributed by atoms with Crippen LogP contribution >= 0.6 is 7.60 Å². The van der Waals surface area contributed by atoms with E-state index in [0.717, 1.165) is 0 Å². The van der Waals surface area contributed by atoms with Gasteiger partial charge in [0.05, 0.1) is 12.7 Å². The van der Waals surface area contributed by atoms with E-state index in [1.807, 2.05) is 0 Å². The molecule has 10 nitrogen and oxygen atoms in total. The smallest absolute Gasteiger partial charge is 0.809 e. The van der Waals surface area contributed by atoms with Crippen molar-refractivity contribution in [3.8, 4) is 0 Å². The van der Waals surface area contributed by atoms with Crippen LogP contribution in [0.15, 0.2) is 11.1 Å². The topological polar surface area (TPSA) is 162 Å². The van der Waals surface area contributed by atoms with Gasteiger partial charge in [0.15, 0.2) is 11.2 Å². The molecular formula is C9H12N5Na2O5P. The number of nitrogens with zero attached hydrogens (tertiary/aromatic N) is 3. The zero-order chi connectivity index (χ0) is 14.8. The Labute approximate surface area is 169 Å². The molecule has 2 aromatic heterocycles. The zero-order valence-corrected chi connectivity index (χ0v) is 17.2. The average Bonchev–Trinajstić information content (AvgIpc) is 2.70. The molecule has 3 N–H and O–H groups in total. The van der Waals surface area contributed by atoms with E-state index in [4.69, 9.17) is 10.5 Å². The van der Waals surface area contributed by atoms with Gasteiger partial charge in [0, 0.05) is 13.2 Å². The summed E-state index contributed by atoms with van der Waals surface area (Å²) in [5, 5.41) is 0. The molecule has 2 rings (SSSR count). The van der Waals surface area contributed by atoms with Gasteiger partial charge in [-0.05, 0) is 14.0 Å². The first-order valence-electron chi connectivity index (χ1n) is 5.66. The van der Waals surface area contributed by atoms with E-state index in [0.29, 0.717) is 18.6 Å². The van der Waals surface area contributed by atoms with E-state index >= 15 is 0 Å². The number of H-pyrrole nitrogens is 1. The number of fused-ring (bicyclic) bond motifs is 1. The Kier molecular flexibility index (Phi) is 9.64. The number of aryl methyl sites for hydroxylation is 1. The SMILES string of the molecule is Nc1nc2c(ncn2CCCOCP(=O)([O-])[O-])c(=O)[nH]1.[Na+].[Na+]. The number of nitrogen functional groups attached to an aromatic ring is 1. The van der Waals surface area contributed by atoms with Crippen LogP contribution in [0.3, 0.4) is 0 Å². The zero-order valence-electron chi connectivity index (χ0n) is 12.3. The predicted octanol–water partition coefficient (Wildman–Crippen LogP) is -8.01. The number of aromatic nitrogens is 4. The molecule has 2 aromatic rings. The van der Waals surface area contributed by atoms with Gasteiger partial charge in [-0.15, -0.1) is 0 Å². The molecule has 0 aliphatic carbocycles. The second kappa shape index (κ2) is 9.53. The minimum absolute atomic E-state index is 0. The largest absolute Gasteiger partial charge is 1.00 e. The van der Waals surface area contributed by atoms with Crippen molar-refractivity contribution in [3.63, 3.8) is 0 Å². The van der Waals surface area contributed by atoms with E-state index in [1.54, 1.807) is 4.57 Å². The molecule has 0 atom stereocenters. The Balaban J connectivity index is 0.00000220. The number of rotatable bonds is 6. The second-order valence-electron chi connectivity index (χ2n) is 4.06. The Morgan fingerprint density at radius 3 is 2.73 bits per heavy atom. The summed E-state index contributed by atoms with van der Waals surface area (Å²) in [5.74, 6) is -0.0147. The molecular weight excluding hydrogens is 335 g/mol. The molecule has 0 aliphatic heterocycles. The van der Waals surface area contributed by atoms with Crippen molar-refractivity contribution in [3.05, 3.63) is 16.7 Å². The summed E-state index contributed by atoms with van der Waals surface area (Å²) in [6.07, 6.45) is 1.03. The first-order valence-corrected chi connectivity index (χ1v) is 7.39. The summed E-state index contributed by atoms with van der Waals surface area (Å²) in [6.45, 7) is 0.487. The van der Waals surface area contributed by atoms with E-state index in [9.17, 15) is 19.1 Å². The molecule has 13 heteroatoms. The molecule has 110 valence electrons. The minimum atomic E-state index is -4.63. The van der Waals surface area contributed by atoms with E-state index in [-0.39, 0.29) is 77.2 Å². The maximum atomic E-state index is 11.5. The Hall–Kier alpha value is 0.260. The molecule has 22 heavy (non-hydrogen) atoms. The summed E-state index contributed by atoms with van der Waals surface area (Å²) in [4.78, 5) is 42.4. The number of nitrogens with one attached hydrogen (secondary N) is 1. The van der Waals surface area contributed by atoms with E-state index < -0.39 is 19.5 Å². The summed E-state index contributed by atoms with van der Waals surface area (Å²) in [5.41, 5.74) is 5.52.